The maximum atomic E-state index is 10.9. The van der Waals surface area contributed by atoms with Crippen LogP contribution in [-0.2, 0) is 5.60 Å². The molecule has 3 heteroatoms. The van der Waals surface area contributed by atoms with Crippen molar-refractivity contribution in [2.24, 2.45) is 17.8 Å². The Hall–Kier alpha value is -0.570. The Kier molecular flexibility index (Phi) is 3.56. The van der Waals surface area contributed by atoms with E-state index in [0.717, 1.165) is 34.9 Å². The van der Waals surface area contributed by atoms with Crippen LogP contribution in [0.5, 0.6) is 0 Å². The molecular formula is C19H27ClNO+. The Morgan fingerprint density at radius 1 is 1.09 bits per heavy atom. The second kappa shape index (κ2) is 5.22. The number of halogens is 1. The van der Waals surface area contributed by atoms with E-state index in [9.17, 15) is 5.11 Å². The Morgan fingerprint density at radius 3 is 2.09 bits per heavy atom. The largest absolute Gasteiger partial charge is 0.380 e. The van der Waals surface area contributed by atoms with E-state index in [1.54, 1.807) is 0 Å². The summed E-state index contributed by atoms with van der Waals surface area (Å²) in [6.07, 6.45) is 8.53. The number of nitrogens with two attached hydrogens (primary N) is 1. The molecule has 0 heterocycles. The Morgan fingerprint density at radius 2 is 1.59 bits per heavy atom. The molecule has 4 bridgehead atoms. The third-order valence-electron chi connectivity index (χ3n) is 6.48. The van der Waals surface area contributed by atoms with Crippen LogP contribution in [0.3, 0.4) is 0 Å². The zero-order valence-corrected chi connectivity index (χ0v) is 14.1. The predicted molar refractivity (Wildman–Crippen MR) is 88.7 cm³/mol. The van der Waals surface area contributed by atoms with Crippen molar-refractivity contribution in [1.82, 2.24) is 0 Å². The topological polar surface area (TPSA) is 36.8 Å². The van der Waals surface area contributed by atoms with Gasteiger partial charge in [-0.25, -0.2) is 0 Å². The smallest absolute Gasteiger partial charge is 0.135 e. The molecule has 4 aliphatic carbocycles. The van der Waals surface area contributed by atoms with Crippen molar-refractivity contribution in [1.29, 1.82) is 0 Å². The van der Waals surface area contributed by atoms with Gasteiger partial charge in [0, 0.05) is 24.3 Å². The average molecular weight is 321 g/mol. The highest BCUT2D eigenvalue weighted by molar-refractivity contribution is 6.30. The van der Waals surface area contributed by atoms with Crippen molar-refractivity contribution >= 4 is 11.6 Å². The molecule has 0 aliphatic heterocycles. The second-order valence-corrected chi connectivity index (χ2v) is 8.91. The zero-order valence-electron chi connectivity index (χ0n) is 13.4. The summed E-state index contributed by atoms with van der Waals surface area (Å²) in [5, 5.41) is 14.1. The Labute approximate surface area is 138 Å². The first kappa shape index (κ1) is 15.0. The lowest BCUT2D eigenvalue weighted by Gasteiger charge is -2.55. The van der Waals surface area contributed by atoms with Crippen LogP contribution < -0.4 is 5.32 Å². The molecule has 1 atom stereocenters. The molecule has 4 fully saturated rings. The summed E-state index contributed by atoms with van der Waals surface area (Å²) >= 11 is 5.96. The minimum absolute atomic E-state index is 0.422. The SMILES string of the molecule is CC(O)(C[NH2+]C12CC3CC(CC(C3)C1)C2)c1ccc(Cl)cc1. The van der Waals surface area contributed by atoms with E-state index in [-0.39, 0.29) is 0 Å². The van der Waals surface area contributed by atoms with Gasteiger partial charge in [-0.2, -0.15) is 0 Å². The van der Waals surface area contributed by atoms with E-state index in [2.05, 4.69) is 5.32 Å². The van der Waals surface area contributed by atoms with Crippen molar-refractivity contribution in [3.63, 3.8) is 0 Å². The summed E-state index contributed by atoms with van der Waals surface area (Å²) in [4.78, 5) is 0. The fourth-order valence-corrected chi connectivity index (χ4v) is 5.90. The standard InChI is InChI=1S/C19H26ClNO/c1-18(22,16-2-4-17(20)5-3-16)12-21-19-9-13-6-14(10-19)8-15(7-13)11-19/h2-5,13-15,21-22H,6-12H2,1H3/p+1. The Bertz CT molecular complexity index is 516. The summed E-state index contributed by atoms with van der Waals surface area (Å²) in [6.45, 7) is 2.69. The lowest BCUT2D eigenvalue weighted by molar-refractivity contribution is -0.748. The quantitative estimate of drug-likeness (QED) is 0.879. The average Bonchev–Trinajstić information content (AvgIpc) is 2.45. The molecule has 2 nitrogen and oxygen atoms in total. The molecule has 0 spiro atoms. The highest BCUT2D eigenvalue weighted by Crippen LogP contribution is 2.54. The van der Waals surface area contributed by atoms with Crippen LogP contribution in [0.1, 0.15) is 51.0 Å². The van der Waals surface area contributed by atoms with Crippen LogP contribution in [0.4, 0.5) is 0 Å². The number of benzene rings is 1. The summed E-state index contributed by atoms with van der Waals surface area (Å²) in [7, 11) is 0. The van der Waals surface area contributed by atoms with Crippen molar-refractivity contribution in [3.8, 4) is 0 Å². The number of rotatable bonds is 4. The van der Waals surface area contributed by atoms with Gasteiger partial charge in [-0.3, -0.25) is 0 Å². The predicted octanol–water partition coefficient (Wildman–Crippen LogP) is 3.08. The third-order valence-corrected chi connectivity index (χ3v) is 6.74. The van der Waals surface area contributed by atoms with Gasteiger partial charge in [0.15, 0.2) is 0 Å². The van der Waals surface area contributed by atoms with Gasteiger partial charge in [0.2, 0.25) is 0 Å². The maximum absolute atomic E-state index is 10.9. The lowest BCUT2D eigenvalue weighted by Crippen LogP contribution is -3.00. The van der Waals surface area contributed by atoms with Gasteiger partial charge in [0.1, 0.15) is 12.1 Å². The van der Waals surface area contributed by atoms with Crippen LogP contribution in [0, 0.1) is 17.8 Å². The summed E-state index contributed by atoms with van der Waals surface area (Å²) in [6, 6.07) is 7.65. The van der Waals surface area contributed by atoms with Gasteiger partial charge in [-0.15, -0.1) is 0 Å². The van der Waals surface area contributed by atoms with Gasteiger partial charge in [0.05, 0.1) is 5.54 Å². The third kappa shape index (κ3) is 2.70. The molecule has 5 rings (SSSR count). The van der Waals surface area contributed by atoms with E-state index < -0.39 is 5.60 Å². The molecule has 1 unspecified atom stereocenters. The van der Waals surface area contributed by atoms with E-state index in [4.69, 9.17) is 11.6 Å². The van der Waals surface area contributed by atoms with Gasteiger partial charge in [-0.1, -0.05) is 23.7 Å². The minimum atomic E-state index is -0.784. The second-order valence-electron chi connectivity index (χ2n) is 8.47. The zero-order chi connectivity index (χ0) is 15.4. The lowest BCUT2D eigenvalue weighted by atomic mass is 9.53. The number of hydrogen-bond acceptors (Lipinski definition) is 1. The van der Waals surface area contributed by atoms with Gasteiger partial charge in [0.25, 0.3) is 0 Å². The van der Waals surface area contributed by atoms with Gasteiger partial charge in [-0.05, 0) is 61.6 Å². The molecule has 3 N–H and O–H groups in total. The fraction of sp³-hybridized carbons (Fsp3) is 0.684. The van der Waals surface area contributed by atoms with E-state index in [1.807, 2.05) is 31.2 Å². The van der Waals surface area contributed by atoms with Gasteiger partial charge < -0.3 is 10.4 Å². The molecule has 0 amide bonds. The van der Waals surface area contributed by atoms with Crippen LogP contribution in [-0.4, -0.2) is 17.2 Å². The van der Waals surface area contributed by atoms with Crippen molar-refractivity contribution in [2.45, 2.75) is 56.6 Å². The first-order chi connectivity index (χ1) is 10.4. The molecule has 0 radical (unpaired) electrons. The molecular weight excluding hydrogens is 294 g/mol. The first-order valence-corrected chi connectivity index (χ1v) is 9.15. The molecule has 120 valence electrons. The molecule has 4 aliphatic rings. The van der Waals surface area contributed by atoms with E-state index >= 15 is 0 Å². The molecule has 0 saturated heterocycles. The molecule has 4 saturated carbocycles. The minimum Gasteiger partial charge on any atom is -0.380 e. The van der Waals surface area contributed by atoms with E-state index in [1.165, 1.54) is 38.5 Å². The Balaban J connectivity index is 1.46. The van der Waals surface area contributed by atoms with E-state index in [0.29, 0.717) is 5.54 Å². The molecule has 22 heavy (non-hydrogen) atoms. The number of quaternary nitrogens is 1. The highest BCUT2D eigenvalue weighted by atomic mass is 35.5. The van der Waals surface area contributed by atoms with Crippen LogP contribution in [0.15, 0.2) is 24.3 Å². The first-order valence-electron chi connectivity index (χ1n) is 8.77. The van der Waals surface area contributed by atoms with Gasteiger partial charge >= 0.3 is 0 Å². The van der Waals surface area contributed by atoms with Crippen LogP contribution >= 0.6 is 11.6 Å². The summed E-state index contributed by atoms with van der Waals surface area (Å²) < 4.78 is 0. The number of hydrogen-bond donors (Lipinski definition) is 2. The van der Waals surface area contributed by atoms with Crippen molar-refractivity contribution in [2.75, 3.05) is 6.54 Å². The summed E-state index contributed by atoms with van der Waals surface area (Å²) in [5.74, 6) is 2.88. The maximum Gasteiger partial charge on any atom is 0.135 e. The number of aliphatic hydroxyl groups is 1. The monoisotopic (exact) mass is 320 g/mol. The molecule has 1 aromatic rings. The van der Waals surface area contributed by atoms with Crippen LogP contribution in [0.25, 0.3) is 0 Å². The van der Waals surface area contributed by atoms with Crippen molar-refractivity contribution < 1.29 is 10.4 Å². The highest BCUT2D eigenvalue weighted by Gasteiger charge is 2.53. The van der Waals surface area contributed by atoms with Crippen molar-refractivity contribution in [3.05, 3.63) is 34.9 Å². The molecule has 1 aromatic carbocycles. The van der Waals surface area contributed by atoms with Crippen LogP contribution in [0.2, 0.25) is 5.02 Å². The normalized spacial score (nSPS) is 39.0. The fourth-order valence-electron chi connectivity index (χ4n) is 5.77. The molecule has 0 aromatic heterocycles. The summed E-state index contributed by atoms with van der Waals surface area (Å²) in [5.41, 5.74) is 0.608.